The Morgan fingerprint density at radius 1 is 0.885 bits per heavy atom. The third-order valence-corrected chi connectivity index (χ3v) is 4.61. The quantitative estimate of drug-likeness (QED) is 0.302. The number of benzene rings is 2. The second kappa shape index (κ2) is 9.36. The SMILES string of the molecule is O=C(C=CC=CC=Cc1ccccc1NS(=O)(=O)c1ccccc1)NO. The van der Waals surface area contributed by atoms with Gasteiger partial charge < -0.3 is 0 Å². The number of nitrogens with one attached hydrogen (secondary N) is 2. The van der Waals surface area contributed by atoms with Crippen LogP contribution in [0.4, 0.5) is 5.69 Å². The highest BCUT2D eigenvalue weighted by molar-refractivity contribution is 7.92. The summed E-state index contributed by atoms with van der Waals surface area (Å²) in [6, 6.07) is 15.1. The van der Waals surface area contributed by atoms with Crippen molar-refractivity contribution in [1.29, 1.82) is 0 Å². The standard InChI is InChI=1S/C19H18N2O4S/c22-19(20-23)15-7-2-1-4-10-16-11-8-9-14-18(16)21-26(24,25)17-12-5-3-6-13-17/h1-15,21,23H,(H,20,22). The summed E-state index contributed by atoms with van der Waals surface area (Å²) in [7, 11) is -3.67. The highest BCUT2D eigenvalue weighted by atomic mass is 32.2. The molecule has 0 fully saturated rings. The van der Waals surface area contributed by atoms with E-state index >= 15 is 0 Å². The minimum atomic E-state index is -3.67. The first kappa shape index (κ1) is 19.2. The number of sulfonamides is 1. The molecule has 0 bridgehead atoms. The maximum absolute atomic E-state index is 12.4. The summed E-state index contributed by atoms with van der Waals surface area (Å²) < 4.78 is 27.5. The van der Waals surface area contributed by atoms with Crippen LogP contribution in [0.3, 0.4) is 0 Å². The Morgan fingerprint density at radius 3 is 2.27 bits per heavy atom. The van der Waals surface area contributed by atoms with Crippen LogP contribution in [0.2, 0.25) is 0 Å². The first-order valence-corrected chi connectivity index (χ1v) is 9.13. The van der Waals surface area contributed by atoms with Crippen LogP contribution in [0.5, 0.6) is 0 Å². The van der Waals surface area contributed by atoms with Gasteiger partial charge in [0.1, 0.15) is 0 Å². The summed E-state index contributed by atoms with van der Waals surface area (Å²) in [6.45, 7) is 0. The molecule has 1 amide bonds. The molecule has 0 aliphatic heterocycles. The van der Waals surface area contributed by atoms with Crippen LogP contribution in [0.25, 0.3) is 6.08 Å². The van der Waals surface area contributed by atoms with Crippen molar-refractivity contribution in [2.75, 3.05) is 4.72 Å². The van der Waals surface area contributed by atoms with Crippen molar-refractivity contribution in [2.45, 2.75) is 4.90 Å². The van der Waals surface area contributed by atoms with Crippen molar-refractivity contribution in [3.63, 3.8) is 0 Å². The molecule has 26 heavy (non-hydrogen) atoms. The summed E-state index contributed by atoms with van der Waals surface area (Å²) in [4.78, 5) is 11.0. The Morgan fingerprint density at radius 2 is 1.54 bits per heavy atom. The monoisotopic (exact) mass is 370 g/mol. The Balaban J connectivity index is 2.13. The molecular weight excluding hydrogens is 352 g/mol. The van der Waals surface area contributed by atoms with Gasteiger partial charge in [-0.1, -0.05) is 66.8 Å². The minimum absolute atomic E-state index is 0.186. The Labute approximate surface area is 152 Å². The number of hydroxylamine groups is 1. The lowest BCUT2D eigenvalue weighted by Gasteiger charge is -2.10. The molecule has 0 radical (unpaired) electrons. The van der Waals surface area contributed by atoms with Gasteiger partial charge in [0.25, 0.3) is 15.9 Å². The molecule has 7 heteroatoms. The summed E-state index contributed by atoms with van der Waals surface area (Å²) >= 11 is 0. The molecule has 2 aromatic carbocycles. The number of hydrogen-bond acceptors (Lipinski definition) is 4. The lowest BCUT2D eigenvalue weighted by atomic mass is 10.1. The lowest BCUT2D eigenvalue weighted by molar-refractivity contribution is -0.124. The van der Waals surface area contributed by atoms with E-state index in [1.165, 1.54) is 23.7 Å². The van der Waals surface area contributed by atoms with E-state index in [0.717, 1.165) is 6.08 Å². The summed E-state index contributed by atoms with van der Waals surface area (Å²) in [5, 5.41) is 8.35. The van der Waals surface area contributed by atoms with Gasteiger partial charge in [-0.2, -0.15) is 0 Å². The average molecular weight is 370 g/mol. The number of rotatable bonds is 7. The van der Waals surface area contributed by atoms with E-state index in [2.05, 4.69) is 4.72 Å². The van der Waals surface area contributed by atoms with E-state index in [1.807, 2.05) is 0 Å². The van der Waals surface area contributed by atoms with E-state index in [0.29, 0.717) is 11.3 Å². The molecule has 2 rings (SSSR count). The van der Waals surface area contributed by atoms with Crippen LogP contribution in [-0.4, -0.2) is 19.5 Å². The average Bonchev–Trinajstić information content (AvgIpc) is 2.66. The van der Waals surface area contributed by atoms with Crippen molar-refractivity contribution in [3.05, 3.63) is 90.5 Å². The number of amides is 1. The van der Waals surface area contributed by atoms with Crippen LogP contribution in [0.15, 0.2) is 89.9 Å². The first-order chi connectivity index (χ1) is 12.5. The number of carbonyl (C=O) groups excluding carboxylic acids is 1. The van der Waals surface area contributed by atoms with Gasteiger partial charge in [-0.25, -0.2) is 13.9 Å². The molecule has 0 aliphatic rings. The molecule has 0 atom stereocenters. The van der Waals surface area contributed by atoms with E-state index in [1.54, 1.807) is 66.8 Å². The summed E-state index contributed by atoms with van der Waals surface area (Å²) in [6.07, 6.45) is 9.33. The highest BCUT2D eigenvalue weighted by Crippen LogP contribution is 2.21. The molecule has 0 saturated carbocycles. The first-order valence-electron chi connectivity index (χ1n) is 7.65. The van der Waals surface area contributed by atoms with Crippen LogP contribution in [0.1, 0.15) is 5.56 Å². The Hall–Kier alpha value is -3.16. The van der Waals surface area contributed by atoms with E-state index in [-0.39, 0.29) is 4.90 Å². The fourth-order valence-electron chi connectivity index (χ4n) is 2.01. The highest BCUT2D eigenvalue weighted by Gasteiger charge is 2.14. The number of hydrogen-bond donors (Lipinski definition) is 3. The Kier molecular flexibility index (Phi) is 6.90. The molecular formula is C19H18N2O4S. The largest absolute Gasteiger partial charge is 0.288 e. The van der Waals surface area contributed by atoms with Gasteiger partial charge in [0.15, 0.2) is 0 Å². The van der Waals surface area contributed by atoms with Crippen molar-refractivity contribution in [3.8, 4) is 0 Å². The van der Waals surface area contributed by atoms with Gasteiger partial charge in [0.05, 0.1) is 10.6 Å². The lowest BCUT2D eigenvalue weighted by Crippen LogP contribution is -2.14. The van der Waals surface area contributed by atoms with Crippen molar-refractivity contribution >= 4 is 27.7 Å². The zero-order chi connectivity index (χ0) is 18.8. The third kappa shape index (κ3) is 5.73. The van der Waals surface area contributed by atoms with Crippen LogP contribution >= 0.6 is 0 Å². The van der Waals surface area contributed by atoms with E-state index < -0.39 is 15.9 Å². The second-order valence-corrected chi connectivity index (χ2v) is 6.77. The molecule has 134 valence electrons. The molecule has 0 heterocycles. The summed E-state index contributed by atoms with van der Waals surface area (Å²) in [5.74, 6) is -0.626. The number of allylic oxidation sites excluding steroid dienone is 4. The molecule has 3 N–H and O–H groups in total. The topological polar surface area (TPSA) is 95.5 Å². The molecule has 0 aliphatic carbocycles. The zero-order valence-corrected chi connectivity index (χ0v) is 14.6. The second-order valence-electron chi connectivity index (χ2n) is 5.08. The number of para-hydroxylation sites is 1. The predicted molar refractivity (Wildman–Crippen MR) is 101 cm³/mol. The van der Waals surface area contributed by atoms with E-state index in [9.17, 15) is 13.2 Å². The summed E-state index contributed by atoms with van der Waals surface area (Å²) in [5.41, 5.74) is 2.63. The normalized spacial score (nSPS) is 12.0. The number of carbonyl (C=O) groups is 1. The van der Waals surface area contributed by atoms with Gasteiger partial charge in [-0.3, -0.25) is 14.7 Å². The molecule has 0 saturated heterocycles. The van der Waals surface area contributed by atoms with Gasteiger partial charge in [-0.05, 0) is 23.8 Å². The molecule has 0 spiro atoms. The van der Waals surface area contributed by atoms with E-state index in [4.69, 9.17) is 5.21 Å². The smallest absolute Gasteiger partial charge is 0.267 e. The minimum Gasteiger partial charge on any atom is -0.288 e. The van der Waals surface area contributed by atoms with Gasteiger partial charge in [-0.15, -0.1) is 0 Å². The molecule has 6 nitrogen and oxygen atoms in total. The zero-order valence-electron chi connectivity index (χ0n) is 13.7. The van der Waals surface area contributed by atoms with Crippen LogP contribution < -0.4 is 10.2 Å². The maximum atomic E-state index is 12.4. The van der Waals surface area contributed by atoms with Crippen molar-refractivity contribution in [2.24, 2.45) is 0 Å². The fourth-order valence-corrected chi connectivity index (χ4v) is 3.12. The molecule has 0 aromatic heterocycles. The maximum Gasteiger partial charge on any atom is 0.267 e. The Bertz CT molecular complexity index is 933. The van der Waals surface area contributed by atoms with Crippen LogP contribution in [0, 0.1) is 0 Å². The molecule has 0 unspecified atom stereocenters. The number of anilines is 1. The van der Waals surface area contributed by atoms with Gasteiger partial charge >= 0.3 is 0 Å². The fraction of sp³-hybridized carbons (Fsp3) is 0. The van der Waals surface area contributed by atoms with Crippen molar-refractivity contribution in [1.82, 2.24) is 5.48 Å². The van der Waals surface area contributed by atoms with Crippen LogP contribution in [-0.2, 0) is 14.8 Å². The third-order valence-electron chi connectivity index (χ3n) is 3.23. The van der Waals surface area contributed by atoms with Gasteiger partial charge in [0, 0.05) is 6.08 Å². The van der Waals surface area contributed by atoms with Gasteiger partial charge in [0.2, 0.25) is 0 Å². The van der Waals surface area contributed by atoms with Crippen molar-refractivity contribution < 1.29 is 18.4 Å². The molecule has 2 aromatic rings. The predicted octanol–water partition coefficient (Wildman–Crippen LogP) is 3.12.